The highest BCUT2D eigenvalue weighted by Crippen LogP contribution is 2.29. The molecule has 2 rings (SSSR count). The van der Waals surface area contributed by atoms with Gasteiger partial charge in [0, 0.05) is 18.2 Å². The van der Waals surface area contributed by atoms with E-state index in [0.717, 1.165) is 63.0 Å². The molecule has 1 aliphatic heterocycles. The smallest absolute Gasteiger partial charge is 0.238 e. The first-order valence-electron chi connectivity index (χ1n) is 10.7. The number of carbonyl (C=O) groups is 2. The van der Waals surface area contributed by atoms with E-state index in [4.69, 9.17) is 0 Å². The number of rotatable bonds is 8. The van der Waals surface area contributed by atoms with Gasteiger partial charge in [-0.3, -0.25) is 14.5 Å². The molecule has 0 aromatic heterocycles. The Kier molecular flexibility index (Phi) is 8.49. The van der Waals surface area contributed by atoms with Gasteiger partial charge in [0.1, 0.15) is 0 Å². The van der Waals surface area contributed by atoms with Crippen LogP contribution in [0.5, 0.6) is 0 Å². The lowest BCUT2D eigenvalue weighted by atomic mass is 9.86. The van der Waals surface area contributed by atoms with E-state index in [1.54, 1.807) is 0 Å². The molecule has 5 heteroatoms. The maximum Gasteiger partial charge on any atom is 0.238 e. The van der Waals surface area contributed by atoms with Crippen molar-refractivity contribution in [2.24, 2.45) is 5.92 Å². The Morgan fingerprint density at radius 1 is 1.11 bits per heavy atom. The molecule has 1 fully saturated rings. The number of amides is 2. The van der Waals surface area contributed by atoms with E-state index in [9.17, 15) is 9.59 Å². The molecule has 0 atom stereocenters. The third kappa shape index (κ3) is 6.93. The van der Waals surface area contributed by atoms with Crippen LogP contribution in [-0.2, 0) is 15.0 Å². The van der Waals surface area contributed by atoms with Crippen molar-refractivity contribution in [3.05, 3.63) is 29.8 Å². The largest absolute Gasteiger partial charge is 0.356 e. The number of unbranched alkanes of at least 4 members (excludes halogenated alkanes) is 2. The Morgan fingerprint density at radius 2 is 1.79 bits per heavy atom. The SMILES string of the molecule is CCCCCNC(=O)C1CCN(CC(=O)Nc2ccccc2C(C)(C)C)CC1. The van der Waals surface area contributed by atoms with E-state index in [2.05, 4.69) is 49.3 Å². The molecule has 5 nitrogen and oxygen atoms in total. The minimum absolute atomic E-state index is 0.0131. The number of benzene rings is 1. The second-order valence-corrected chi connectivity index (χ2v) is 8.89. The molecular formula is C23H37N3O2. The van der Waals surface area contributed by atoms with Crippen molar-refractivity contribution in [1.82, 2.24) is 10.2 Å². The fourth-order valence-corrected chi connectivity index (χ4v) is 3.72. The monoisotopic (exact) mass is 387 g/mol. The van der Waals surface area contributed by atoms with Crippen molar-refractivity contribution in [1.29, 1.82) is 0 Å². The van der Waals surface area contributed by atoms with E-state index in [1.165, 1.54) is 0 Å². The first kappa shape index (κ1) is 22.4. The van der Waals surface area contributed by atoms with Gasteiger partial charge < -0.3 is 10.6 Å². The van der Waals surface area contributed by atoms with Gasteiger partial charge in [-0.15, -0.1) is 0 Å². The molecule has 0 unspecified atom stereocenters. The van der Waals surface area contributed by atoms with Crippen LogP contribution in [0.15, 0.2) is 24.3 Å². The lowest BCUT2D eigenvalue weighted by Gasteiger charge is -2.31. The number of nitrogens with zero attached hydrogens (tertiary/aromatic N) is 1. The molecule has 2 amide bonds. The van der Waals surface area contributed by atoms with Crippen molar-refractivity contribution < 1.29 is 9.59 Å². The topological polar surface area (TPSA) is 61.4 Å². The summed E-state index contributed by atoms with van der Waals surface area (Å²) in [5, 5.41) is 6.14. The standard InChI is InChI=1S/C23H37N3O2/c1-5-6-9-14-24-22(28)18-12-15-26(16-13-18)17-21(27)25-20-11-8-7-10-19(20)23(2,3)4/h7-8,10-11,18H,5-6,9,12-17H2,1-4H3,(H,24,28)(H,25,27). The number of carbonyl (C=O) groups excluding carboxylic acids is 2. The van der Waals surface area contributed by atoms with E-state index in [-0.39, 0.29) is 23.1 Å². The molecule has 1 heterocycles. The average Bonchev–Trinajstić information content (AvgIpc) is 2.65. The van der Waals surface area contributed by atoms with Gasteiger partial charge in [0.15, 0.2) is 0 Å². The summed E-state index contributed by atoms with van der Waals surface area (Å²) in [5.41, 5.74) is 2.01. The van der Waals surface area contributed by atoms with Crippen LogP contribution in [0.2, 0.25) is 0 Å². The van der Waals surface area contributed by atoms with Gasteiger partial charge in [-0.25, -0.2) is 0 Å². The van der Waals surface area contributed by atoms with Crippen LogP contribution >= 0.6 is 0 Å². The van der Waals surface area contributed by atoms with Crippen molar-refractivity contribution in [3.8, 4) is 0 Å². The summed E-state index contributed by atoms with van der Waals surface area (Å²) in [4.78, 5) is 26.9. The van der Waals surface area contributed by atoms with Crippen LogP contribution in [0.1, 0.15) is 65.4 Å². The van der Waals surface area contributed by atoms with Gasteiger partial charge in [-0.2, -0.15) is 0 Å². The maximum absolute atomic E-state index is 12.5. The first-order chi connectivity index (χ1) is 13.3. The van der Waals surface area contributed by atoms with Crippen LogP contribution in [0, 0.1) is 5.92 Å². The number of anilines is 1. The van der Waals surface area contributed by atoms with E-state index in [0.29, 0.717) is 6.54 Å². The van der Waals surface area contributed by atoms with Gasteiger partial charge in [0.2, 0.25) is 11.8 Å². The molecule has 2 N–H and O–H groups in total. The molecule has 0 radical (unpaired) electrons. The number of likely N-dealkylation sites (tertiary alicyclic amines) is 1. The summed E-state index contributed by atoms with van der Waals surface area (Å²) in [6.45, 7) is 11.4. The Labute approximate surface area is 170 Å². The van der Waals surface area contributed by atoms with Crippen LogP contribution in [0.3, 0.4) is 0 Å². The van der Waals surface area contributed by atoms with Gasteiger partial charge in [0.05, 0.1) is 6.54 Å². The zero-order valence-corrected chi connectivity index (χ0v) is 18.0. The van der Waals surface area contributed by atoms with Crippen LogP contribution in [-0.4, -0.2) is 42.9 Å². The van der Waals surface area contributed by atoms with Crippen molar-refractivity contribution in [3.63, 3.8) is 0 Å². The minimum Gasteiger partial charge on any atom is -0.356 e. The quantitative estimate of drug-likeness (QED) is 0.664. The summed E-state index contributed by atoms with van der Waals surface area (Å²) in [5.74, 6) is 0.279. The third-order valence-electron chi connectivity index (χ3n) is 5.41. The number of para-hydroxylation sites is 1. The minimum atomic E-state index is -0.0211. The number of hydrogen-bond donors (Lipinski definition) is 2. The summed E-state index contributed by atoms with van der Waals surface area (Å²) < 4.78 is 0. The number of hydrogen-bond acceptors (Lipinski definition) is 3. The Morgan fingerprint density at radius 3 is 2.43 bits per heavy atom. The van der Waals surface area contributed by atoms with Crippen LogP contribution in [0.25, 0.3) is 0 Å². The zero-order valence-electron chi connectivity index (χ0n) is 18.0. The van der Waals surface area contributed by atoms with Gasteiger partial charge in [-0.1, -0.05) is 58.7 Å². The highest BCUT2D eigenvalue weighted by Gasteiger charge is 2.26. The third-order valence-corrected chi connectivity index (χ3v) is 5.41. The predicted octanol–water partition coefficient (Wildman–Crippen LogP) is 3.94. The summed E-state index contributed by atoms with van der Waals surface area (Å²) in [7, 11) is 0. The molecule has 1 aliphatic rings. The highest BCUT2D eigenvalue weighted by atomic mass is 16.2. The van der Waals surface area contributed by atoms with Crippen molar-refractivity contribution >= 4 is 17.5 Å². The molecule has 1 aromatic carbocycles. The van der Waals surface area contributed by atoms with Crippen molar-refractivity contribution in [2.45, 2.75) is 65.2 Å². The van der Waals surface area contributed by atoms with Gasteiger partial charge >= 0.3 is 0 Å². The molecule has 1 saturated heterocycles. The van der Waals surface area contributed by atoms with Gasteiger partial charge in [0.25, 0.3) is 0 Å². The molecule has 0 saturated carbocycles. The summed E-state index contributed by atoms with van der Waals surface area (Å²) in [6.07, 6.45) is 5.02. The van der Waals surface area contributed by atoms with Crippen molar-refractivity contribution in [2.75, 3.05) is 31.5 Å². The Balaban J connectivity index is 1.77. The molecular weight excluding hydrogens is 350 g/mol. The zero-order chi connectivity index (χ0) is 20.6. The maximum atomic E-state index is 12.5. The Bertz CT molecular complexity index is 643. The number of piperidine rings is 1. The highest BCUT2D eigenvalue weighted by molar-refractivity contribution is 5.93. The normalized spacial score (nSPS) is 16.0. The van der Waals surface area contributed by atoms with Crippen LogP contribution in [0.4, 0.5) is 5.69 Å². The molecule has 0 spiro atoms. The lowest BCUT2D eigenvalue weighted by molar-refractivity contribution is -0.126. The fourth-order valence-electron chi connectivity index (χ4n) is 3.72. The van der Waals surface area contributed by atoms with E-state index >= 15 is 0 Å². The molecule has 28 heavy (non-hydrogen) atoms. The number of nitrogens with one attached hydrogen (secondary N) is 2. The first-order valence-corrected chi connectivity index (χ1v) is 10.7. The van der Waals surface area contributed by atoms with E-state index < -0.39 is 0 Å². The molecule has 0 aliphatic carbocycles. The summed E-state index contributed by atoms with van der Waals surface area (Å²) in [6, 6.07) is 8.00. The summed E-state index contributed by atoms with van der Waals surface area (Å²) >= 11 is 0. The van der Waals surface area contributed by atoms with E-state index in [1.807, 2.05) is 18.2 Å². The second kappa shape index (κ2) is 10.6. The second-order valence-electron chi connectivity index (χ2n) is 8.89. The lowest BCUT2D eigenvalue weighted by Crippen LogP contribution is -2.43. The molecule has 156 valence electrons. The van der Waals surface area contributed by atoms with Gasteiger partial charge in [-0.05, 0) is 49.4 Å². The predicted molar refractivity (Wildman–Crippen MR) is 115 cm³/mol. The Hall–Kier alpha value is -1.88. The fraction of sp³-hybridized carbons (Fsp3) is 0.652. The molecule has 0 bridgehead atoms. The van der Waals surface area contributed by atoms with Crippen LogP contribution < -0.4 is 10.6 Å². The molecule has 1 aromatic rings. The average molecular weight is 388 g/mol.